The van der Waals surface area contributed by atoms with E-state index in [0.29, 0.717) is 5.69 Å². The first-order valence-electron chi connectivity index (χ1n) is 5.59. The average molecular weight is 252 g/mol. The molecule has 0 aliphatic heterocycles. The smallest absolute Gasteiger partial charge is 0.407 e. The predicted octanol–water partition coefficient (Wildman–Crippen LogP) is 1.67. The summed E-state index contributed by atoms with van der Waals surface area (Å²) in [7, 11) is 0. The molecule has 1 aromatic rings. The highest BCUT2D eigenvalue weighted by Gasteiger charge is 2.28. The number of Topliss-reactive ketones (excluding diaryl/α,β-unsaturated/α-hetero) is 1. The van der Waals surface area contributed by atoms with E-state index in [1.165, 1.54) is 12.1 Å². The fourth-order valence-corrected chi connectivity index (χ4v) is 1.54. The van der Waals surface area contributed by atoms with Crippen molar-refractivity contribution in [3.63, 3.8) is 0 Å². The van der Waals surface area contributed by atoms with E-state index in [1.807, 2.05) is 0 Å². The van der Waals surface area contributed by atoms with Crippen molar-refractivity contribution in [2.75, 3.05) is 11.9 Å². The normalized spacial score (nSPS) is 14.1. The first kappa shape index (κ1) is 12.3. The van der Waals surface area contributed by atoms with Gasteiger partial charge in [0.1, 0.15) is 0 Å². The fourth-order valence-electron chi connectivity index (χ4n) is 1.54. The van der Waals surface area contributed by atoms with E-state index >= 15 is 0 Å². The van der Waals surface area contributed by atoms with Crippen molar-refractivity contribution in [2.24, 2.45) is 11.7 Å². The minimum atomic E-state index is -1.08. The third kappa shape index (κ3) is 3.19. The summed E-state index contributed by atoms with van der Waals surface area (Å²) in [6.45, 7) is 0.187. The van der Waals surface area contributed by atoms with Crippen LogP contribution in [0.2, 0.25) is 0 Å². The lowest BCUT2D eigenvalue weighted by Crippen LogP contribution is -2.18. The molecule has 96 valence electrons. The zero-order valence-electron chi connectivity index (χ0n) is 9.61. The molecule has 0 bridgehead atoms. The van der Waals surface area contributed by atoms with E-state index in [-0.39, 0.29) is 24.0 Å². The van der Waals surface area contributed by atoms with Gasteiger partial charge >= 0.3 is 6.09 Å². The largest absolute Gasteiger partial charge is 0.410 e. The Morgan fingerprint density at radius 1 is 1.44 bits per heavy atom. The number of ether oxygens (including phenoxy) is 1. The second-order valence-corrected chi connectivity index (χ2v) is 4.16. The molecule has 0 aromatic heterocycles. The van der Waals surface area contributed by atoms with Crippen molar-refractivity contribution in [3.8, 4) is 5.75 Å². The minimum absolute atomic E-state index is 0.136. The van der Waals surface area contributed by atoms with Gasteiger partial charge in [0, 0.05) is 17.7 Å². The van der Waals surface area contributed by atoms with Gasteiger partial charge in [-0.05, 0) is 25.0 Å². The van der Waals surface area contributed by atoms with Crippen LogP contribution >= 0.6 is 0 Å². The second-order valence-electron chi connectivity index (χ2n) is 4.16. The molecule has 0 radical (unpaired) electrons. The molecule has 5 nitrogen and oxygen atoms in total. The molecular formula is C12H13FN2O3. The van der Waals surface area contributed by atoms with Crippen LogP contribution < -0.4 is 15.8 Å². The molecule has 0 spiro atoms. The van der Waals surface area contributed by atoms with Gasteiger partial charge in [0.15, 0.2) is 17.3 Å². The van der Waals surface area contributed by atoms with Gasteiger partial charge in [-0.15, -0.1) is 0 Å². The Bertz CT molecular complexity index is 486. The van der Waals surface area contributed by atoms with Gasteiger partial charge in [-0.25, -0.2) is 9.18 Å². The van der Waals surface area contributed by atoms with E-state index in [4.69, 9.17) is 5.73 Å². The fraction of sp³-hybridized carbons (Fsp3) is 0.333. The van der Waals surface area contributed by atoms with Crippen molar-refractivity contribution in [1.82, 2.24) is 0 Å². The maximum absolute atomic E-state index is 13.2. The molecule has 0 heterocycles. The van der Waals surface area contributed by atoms with E-state index in [9.17, 15) is 14.0 Å². The summed E-state index contributed by atoms with van der Waals surface area (Å²) in [4.78, 5) is 22.0. The number of nitrogens with two attached hydrogens (primary N) is 1. The molecule has 1 aliphatic rings. The van der Waals surface area contributed by atoms with Gasteiger partial charge in [0.25, 0.3) is 0 Å². The Balaban J connectivity index is 1.99. The molecule has 1 aromatic carbocycles. The second kappa shape index (κ2) is 5.03. The molecular weight excluding hydrogens is 239 g/mol. The summed E-state index contributed by atoms with van der Waals surface area (Å²) >= 11 is 0. The molecule has 6 heteroatoms. The summed E-state index contributed by atoms with van der Waals surface area (Å²) in [5.74, 6) is -0.643. The van der Waals surface area contributed by atoms with Crippen LogP contribution in [-0.4, -0.2) is 18.4 Å². The van der Waals surface area contributed by atoms with Crippen LogP contribution in [0.1, 0.15) is 12.8 Å². The van der Waals surface area contributed by atoms with Gasteiger partial charge in [-0.3, -0.25) is 4.79 Å². The van der Waals surface area contributed by atoms with Crippen molar-refractivity contribution in [3.05, 3.63) is 24.0 Å². The van der Waals surface area contributed by atoms with Crippen molar-refractivity contribution >= 4 is 17.6 Å². The lowest BCUT2D eigenvalue weighted by atomic mass is 10.2. The summed E-state index contributed by atoms with van der Waals surface area (Å²) in [5, 5.41) is 2.86. The maximum atomic E-state index is 13.2. The van der Waals surface area contributed by atoms with Crippen LogP contribution in [0.4, 0.5) is 14.9 Å². The van der Waals surface area contributed by atoms with Crippen molar-refractivity contribution in [2.45, 2.75) is 12.8 Å². The van der Waals surface area contributed by atoms with Gasteiger partial charge in [-0.1, -0.05) is 0 Å². The summed E-state index contributed by atoms with van der Waals surface area (Å²) in [5.41, 5.74) is 5.31. The molecule has 0 atom stereocenters. The number of amides is 1. The molecule has 0 saturated heterocycles. The van der Waals surface area contributed by atoms with E-state index in [1.54, 1.807) is 0 Å². The number of halogens is 1. The number of hydrogen-bond acceptors (Lipinski definition) is 4. The standard InChI is InChI=1S/C12H13FN2O3/c13-9-4-3-8(5-11(9)18-12(14)17)15-6-10(16)7-1-2-7/h3-5,7,15H,1-2,6H2,(H2,14,17). The lowest BCUT2D eigenvalue weighted by Gasteiger charge is -2.08. The number of primary amides is 1. The monoisotopic (exact) mass is 252 g/mol. The van der Waals surface area contributed by atoms with Crippen LogP contribution in [-0.2, 0) is 4.79 Å². The van der Waals surface area contributed by atoms with Crippen molar-refractivity contribution < 1.29 is 18.7 Å². The zero-order chi connectivity index (χ0) is 13.1. The van der Waals surface area contributed by atoms with E-state index < -0.39 is 11.9 Å². The number of carbonyl (C=O) groups excluding carboxylic acids is 2. The maximum Gasteiger partial charge on any atom is 0.410 e. The number of ketones is 1. The number of anilines is 1. The Kier molecular flexibility index (Phi) is 3.45. The lowest BCUT2D eigenvalue weighted by molar-refractivity contribution is -0.118. The summed E-state index contributed by atoms with van der Waals surface area (Å²) in [6, 6.07) is 3.89. The third-order valence-corrected chi connectivity index (χ3v) is 2.64. The van der Waals surface area contributed by atoms with Crippen LogP contribution in [0.3, 0.4) is 0 Å². The number of nitrogens with one attached hydrogen (secondary N) is 1. The van der Waals surface area contributed by atoms with E-state index in [2.05, 4.69) is 10.1 Å². The van der Waals surface area contributed by atoms with Gasteiger partial charge in [0.05, 0.1) is 6.54 Å². The van der Waals surface area contributed by atoms with Crippen LogP contribution in [0.15, 0.2) is 18.2 Å². The highest BCUT2D eigenvalue weighted by Crippen LogP contribution is 2.30. The van der Waals surface area contributed by atoms with Gasteiger partial charge in [0.2, 0.25) is 0 Å². The SMILES string of the molecule is NC(=O)Oc1cc(NCC(=O)C2CC2)ccc1F. The number of carbonyl (C=O) groups is 2. The summed E-state index contributed by atoms with van der Waals surface area (Å²) in [6.07, 6.45) is 0.806. The quantitative estimate of drug-likeness (QED) is 0.835. The Hall–Kier alpha value is -2.11. The van der Waals surface area contributed by atoms with Gasteiger partial charge < -0.3 is 15.8 Å². The molecule has 2 rings (SSSR count). The minimum Gasteiger partial charge on any atom is -0.407 e. The highest BCUT2D eigenvalue weighted by atomic mass is 19.1. The highest BCUT2D eigenvalue weighted by molar-refractivity contribution is 5.87. The van der Waals surface area contributed by atoms with Crippen LogP contribution in [0.25, 0.3) is 0 Å². The first-order valence-corrected chi connectivity index (χ1v) is 5.59. The van der Waals surface area contributed by atoms with Crippen LogP contribution in [0, 0.1) is 11.7 Å². The molecule has 1 saturated carbocycles. The predicted molar refractivity (Wildman–Crippen MR) is 62.8 cm³/mol. The number of benzene rings is 1. The zero-order valence-corrected chi connectivity index (χ0v) is 9.61. The Morgan fingerprint density at radius 2 is 2.17 bits per heavy atom. The van der Waals surface area contributed by atoms with Crippen LogP contribution in [0.5, 0.6) is 5.75 Å². The Labute approximate surface area is 103 Å². The molecule has 0 unspecified atom stereocenters. The first-order chi connectivity index (χ1) is 8.56. The summed E-state index contributed by atoms with van der Waals surface area (Å²) < 4.78 is 17.7. The Morgan fingerprint density at radius 3 is 2.78 bits per heavy atom. The molecule has 3 N–H and O–H groups in total. The number of hydrogen-bond donors (Lipinski definition) is 2. The molecule has 1 fully saturated rings. The average Bonchev–Trinajstić information content (AvgIpc) is 3.13. The molecule has 1 aliphatic carbocycles. The topological polar surface area (TPSA) is 81.4 Å². The molecule has 18 heavy (non-hydrogen) atoms. The van der Waals surface area contributed by atoms with Gasteiger partial charge in [-0.2, -0.15) is 0 Å². The van der Waals surface area contributed by atoms with E-state index in [0.717, 1.165) is 18.9 Å². The third-order valence-electron chi connectivity index (χ3n) is 2.64. The number of rotatable bonds is 5. The van der Waals surface area contributed by atoms with Crippen molar-refractivity contribution in [1.29, 1.82) is 0 Å². The molecule has 1 amide bonds.